The number of carboxylic acid groups (broad SMARTS) is 1. The van der Waals surface area contributed by atoms with Crippen molar-refractivity contribution in [1.29, 1.82) is 0 Å². The summed E-state index contributed by atoms with van der Waals surface area (Å²) in [6, 6.07) is 18.9. The van der Waals surface area contributed by atoms with Gasteiger partial charge in [0, 0.05) is 5.41 Å². The summed E-state index contributed by atoms with van der Waals surface area (Å²) in [6.45, 7) is 2.07. The molecule has 3 aromatic rings. The van der Waals surface area contributed by atoms with Crippen molar-refractivity contribution in [3.63, 3.8) is 0 Å². The molecule has 1 atom stereocenters. The second-order valence-electron chi connectivity index (χ2n) is 8.37. The van der Waals surface area contributed by atoms with Gasteiger partial charge in [0.2, 0.25) is 12.5 Å². The molecular formula is C28H30O7. The van der Waals surface area contributed by atoms with Crippen LogP contribution >= 0.6 is 0 Å². The van der Waals surface area contributed by atoms with Gasteiger partial charge >= 0.3 is 5.97 Å². The highest BCUT2D eigenvalue weighted by atomic mass is 16.7. The Morgan fingerprint density at radius 2 is 1.46 bits per heavy atom. The maximum atomic E-state index is 13.0. The molecule has 0 amide bonds. The van der Waals surface area contributed by atoms with Gasteiger partial charge in [0.25, 0.3) is 0 Å². The minimum atomic E-state index is -0.902. The van der Waals surface area contributed by atoms with Gasteiger partial charge in [0.15, 0.2) is 11.5 Å². The van der Waals surface area contributed by atoms with Crippen LogP contribution in [0.25, 0.3) is 0 Å². The van der Waals surface area contributed by atoms with Gasteiger partial charge in [-0.2, -0.15) is 0 Å². The number of benzene rings is 3. The molecule has 1 heterocycles. The van der Waals surface area contributed by atoms with Crippen LogP contribution in [0.5, 0.6) is 28.7 Å². The van der Waals surface area contributed by atoms with Crippen molar-refractivity contribution in [3.8, 4) is 28.7 Å². The second kappa shape index (κ2) is 10.2. The summed E-state index contributed by atoms with van der Waals surface area (Å²) in [5.41, 5.74) is 1.69. The number of carboxylic acids is 1. The molecule has 0 spiro atoms. The smallest absolute Gasteiger partial charge is 0.308 e. The second-order valence-corrected chi connectivity index (χ2v) is 8.37. The summed E-state index contributed by atoms with van der Waals surface area (Å²) in [4.78, 5) is 13.0. The van der Waals surface area contributed by atoms with Gasteiger partial charge in [0.05, 0.1) is 27.2 Å². The molecule has 0 radical (unpaired) electrons. The van der Waals surface area contributed by atoms with Crippen LogP contribution in [-0.2, 0) is 16.6 Å². The van der Waals surface area contributed by atoms with Crippen molar-refractivity contribution in [2.24, 2.45) is 5.92 Å². The SMILES string of the molecule is CCC(c1ccc(OC)cc1)(c1ccc(OC)cc1)C(Cc1ccc2c(OC)c1OCO2)C(=O)O. The molecule has 4 rings (SSSR count). The number of hydrogen-bond donors (Lipinski definition) is 1. The summed E-state index contributed by atoms with van der Waals surface area (Å²) in [5.74, 6) is 1.28. The first kappa shape index (κ1) is 24.3. The molecule has 0 aliphatic carbocycles. The molecule has 3 aromatic carbocycles. The summed E-state index contributed by atoms with van der Waals surface area (Å²) in [5, 5.41) is 10.6. The van der Waals surface area contributed by atoms with E-state index >= 15 is 0 Å². The van der Waals surface area contributed by atoms with Crippen LogP contribution in [0.3, 0.4) is 0 Å². The monoisotopic (exact) mass is 478 g/mol. The number of methoxy groups -OCH3 is 3. The summed E-state index contributed by atoms with van der Waals surface area (Å²) in [7, 11) is 4.76. The number of hydrogen-bond acceptors (Lipinski definition) is 6. The summed E-state index contributed by atoms with van der Waals surface area (Å²) >= 11 is 0. The first-order chi connectivity index (χ1) is 17.0. The Balaban J connectivity index is 1.89. The van der Waals surface area contributed by atoms with E-state index in [1.165, 1.54) is 0 Å². The lowest BCUT2D eigenvalue weighted by atomic mass is 9.62. The molecule has 1 unspecified atom stereocenters. The topological polar surface area (TPSA) is 83.5 Å². The molecule has 1 aliphatic rings. The Kier molecular flexibility index (Phi) is 7.05. The largest absolute Gasteiger partial charge is 0.497 e. The fraction of sp³-hybridized carbons (Fsp3) is 0.321. The van der Waals surface area contributed by atoms with Crippen LogP contribution in [-0.4, -0.2) is 39.2 Å². The number of fused-ring (bicyclic) bond motifs is 2. The third-order valence-electron chi connectivity index (χ3n) is 6.86. The van der Waals surface area contributed by atoms with Crippen LogP contribution in [0.15, 0.2) is 60.7 Å². The quantitative estimate of drug-likeness (QED) is 0.435. The highest BCUT2D eigenvalue weighted by Gasteiger charge is 2.45. The molecule has 7 heteroatoms. The van der Waals surface area contributed by atoms with E-state index < -0.39 is 17.3 Å². The first-order valence-corrected chi connectivity index (χ1v) is 11.5. The van der Waals surface area contributed by atoms with Gasteiger partial charge < -0.3 is 28.8 Å². The third kappa shape index (κ3) is 4.34. The Bertz CT molecular complexity index is 1120. The van der Waals surface area contributed by atoms with E-state index in [9.17, 15) is 9.90 Å². The predicted octanol–water partition coefficient (Wildman–Crippen LogP) is 5.08. The van der Waals surface area contributed by atoms with Gasteiger partial charge in [-0.05, 0) is 59.9 Å². The van der Waals surface area contributed by atoms with Crippen molar-refractivity contribution < 1.29 is 33.6 Å². The lowest BCUT2D eigenvalue weighted by Gasteiger charge is -2.40. The Morgan fingerprint density at radius 3 is 1.91 bits per heavy atom. The first-order valence-electron chi connectivity index (χ1n) is 11.5. The number of ether oxygens (including phenoxy) is 5. The minimum Gasteiger partial charge on any atom is -0.497 e. The standard InChI is InChI=1S/C28H30O7/c1-5-28(19-7-11-21(31-2)12-8-19,20-9-13-22(32-3)14-10-20)23(27(29)30)16-18-6-15-24-26(33-4)25(18)35-17-34-24/h6-15,23H,5,16-17H2,1-4H3,(H,29,30). The molecule has 184 valence electrons. The Morgan fingerprint density at radius 1 is 0.886 bits per heavy atom. The van der Waals surface area contributed by atoms with Crippen molar-refractivity contribution in [2.45, 2.75) is 25.2 Å². The van der Waals surface area contributed by atoms with Gasteiger partial charge in [-0.25, -0.2) is 0 Å². The van der Waals surface area contributed by atoms with Gasteiger partial charge in [-0.15, -0.1) is 0 Å². The van der Waals surface area contributed by atoms with Crippen LogP contribution in [0.4, 0.5) is 0 Å². The molecule has 0 saturated carbocycles. The third-order valence-corrected chi connectivity index (χ3v) is 6.86. The van der Waals surface area contributed by atoms with E-state index in [1.807, 2.05) is 61.5 Å². The number of rotatable bonds is 10. The van der Waals surface area contributed by atoms with E-state index in [4.69, 9.17) is 23.7 Å². The van der Waals surface area contributed by atoms with Crippen LogP contribution in [0, 0.1) is 5.92 Å². The van der Waals surface area contributed by atoms with E-state index in [-0.39, 0.29) is 13.2 Å². The average Bonchev–Trinajstić information content (AvgIpc) is 2.90. The lowest BCUT2D eigenvalue weighted by molar-refractivity contribution is -0.144. The summed E-state index contributed by atoms with van der Waals surface area (Å²) < 4.78 is 27.5. The van der Waals surface area contributed by atoms with Crippen molar-refractivity contribution in [2.75, 3.05) is 28.1 Å². The van der Waals surface area contributed by atoms with E-state index in [0.29, 0.717) is 35.2 Å². The van der Waals surface area contributed by atoms with Crippen molar-refractivity contribution in [3.05, 3.63) is 77.4 Å². The molecule has 0 aromatic heterocycles. The van der Waals surface area contributed by atoms with E-state index in [0.717, 1.165) is 16.7 Å². The van der Waals surface area contributed by atoms with Gasteiger partial charge in [-0.1, -0.05) is 37.3 Å². The normalized spacial score (nSPS) is 13.3. The average molecular weight is 479 g/mol. The summed E-state index contributed by atoms with van der Waals surface area (Å²) in [6.07, 6.45) is 0.782. The molecule has 7 nitrogen and oxygen atoms in total. The Hall–Kier alpha value is -3.87. The highest BCUT2D eigenvalue weighted by Crippen LogP contribution is 2.48. The zero-order valence-corrected chi connectivity index (χ0v) is 20.4. The zero-order chi connectivity index (χ0) is 25.0. The van der Waals surface area contributed by atoms with Crippen LogP contribution in [0.2, 0.25) is 0 Å². The highest BCUT2D eigenvalue weighted by molar-refractivity contribution is 5.75. The van der Waals surface area contributed by atoms with Crippen molar-refractivity contribution >= 4 is 5.97 Å². The van der Waals surface area contributed by atoms with Crippen molar-refractivity contribution in [1.82, 2.24) is 0 Å². The number of carbonyl (C=O) groups is 1. The minimum absolute atomic E-state index is 0.0545. The number of aliphatic carboxylic acids is 1. The molecule has 0 fully saturated rings. The maximum Gasteiger partial charge on any atom is 0.308 e. The fourth-order valence-corrected chi connectivity index (χ4v) is 5.06. The van der Waals surface area contributed by atoms with E-state index in [1.54, 1.807) is 27.4 Å². The Labute approximate surface area is 205 Å². The van der Waals surface area contributed by atoms with Crippen LogP contribution in [0.1, 0.15) is 30.0 Å². The predicted molar refractivity (Wildman–Crippen MR) is 131 cm³/mol. The molecular weight excluding hydrogens is 448 g/mol. The van der Waals surface area contributed by atoms with Crippen LogP contribution < -0.4 is 23.7 Å². The molecule has 1 aliphatic heterocycles. The zero-order valence-electron chi connectivity index (χ0n) is 20.4. The molecule has 0 saturated heterocycles. The van der Waals surface area contributed by atoms with Gasteiger partial charge in [-0.3, -0.25) is 4.79 Å². The molecule has 35 heavy (non-hydrogen) atoms. The molecule has 2 bridgehead atoms. The maximum absolute atomic E-state index is 13.0. The molecule has 1 N–H and O–H groups in total. The lowest BCUT2D eigenvalue weighted by Crippen LogP contribution is -2.42. The fourth-order valence-electron chi connectivity index (χ4n) is 5.06. The van der Waals surface area contributed by atoms with Gasteiger partial charge in [0.1, 0.15) is 11.5 Å². The van der Waals surface area contributed by atoms with E-state index in [2.05, 4.69) is 0 Å².